The van der Waals surface area contributed by atoms with Gasteiger partial charge in [0.1, 0.15) is 11.4 Å². The highest BCUT2D eigenvalue weighted by molar-refractivity contribution is 5.75. The van der Waals surface area contributed by atoms with Gasteiger partial charge in [-0.25, -0.2) is 23.2 Å². The number of carbonyl (C=O) groups is 3. The van der Waals surface area contributed by atoms with Crippen LogP contribution in [0.3, 0.4) is 0 Å². The zero-order valence-electron chi connectivity index (χ0n) is 27.4. The van der Waals surface area contributed by atoms with E-state index < -0.39 is 53.2 Å². The van der Waals surface area contributed by atoms with Crippen LogP contribution in [0, 0.1) is 23.5 Å². The summed E-state index contributed by atoms with van der Waals surface area (Å²) in [6, 6.07) is 0.616. The number of phenolic OH excluding ortho intramolecular Hbond substituents is 1. The van der Waals surface area contributed by atoms with Crippen LogP contribution in [0.4, 0.5) is 23.2 Å². The fourth-order valence-corrected chi connectivity index (χ4v) is 6.50. The molecule has 11 nitrogen and oxygen atoms in total. The van der Waals surface area contributed by atoms with Crippen molar-refractivity contribution in [3.63, 3.8) is 0 Å². The number of aromatic hydroxyl groups is 1. The summed E-state index contributed by atoms with van der Waals surface area (Å²) in [7, 11) is 2.94. The Bertz CT molecular complexity index is 1160. The smallest absolute Gasteiger partial charge is 0.410 e. The fraction of sp³-hybridized carbons (Fsp3) is 0.719. The molecule has 0 spiro atoms. The topological polar surface area (TPSA) is 130 Å². The number of methoxy groups -OCH3 is 1. The van der Waals surface area contributed by atoms with Crippen molar-refractivity contribution in [1.82, 2.24) is 20.4 Å². The predicted molar refractivity (Wildman–Crippen MR) is 164 cm³/mol. The molecule has 1 saturated heterocycles. The van der Waals surface area contributed by atoms with Crippen LogP contribution in [0.25, 0.3) is 0 Å². The van der Waals surface area contributed by atoms with Crippen molar-refractivity contribution < 1.29 is 42.5 Å². The Kier molecular flexibility index (Phi) is 13.1. The highest BCUT2D eigenvalue weighted by Gasteiger charge is 2.38. The molecule has 2 aliphatic rings. The Morgan fingerprint density at radius 2 is 1.76 bits per heavy atom. The number of rotatable bonds is 10. The van der Waals surface area contributed by atoms with Crippen molar-refractivity contribution in [2.45, 2.75) is 96.4 Å². The Hall–Kier alpha value is -3.35. The van der Waals surface area contributed by atoms with Gasteiger partial charge in [-0.05, 0) is 65.4 Å². The number of likely N-dealkylation sites (tertiary alicyclic amines) is 1. The van der Waals surface area contributed by atoms with E-state index in [1.54, 1.807) is 16.8 Å². The number of ether oxygens (including phenoxy) is 3. The number of nitrogens with one attached hydrogen (secondary N) is 2. The number of benzene rings is 1. The van der Waals surface area contributed by atoms with Crippen LogP contribution in [-0.2, 0) is 14.2 Å². The normalized spacial score (nSPS) is 19.6. The molecule has 45 heavy (non-hydrogen) atoms. The largest absolute Gasteiger partial charge is 0.505 e. The Morgan fingerprint density at radius 1 is 1.09 bits per heavy atom. The van der Waals surface area contributed by atoms with Gasteiger partial charge in [0.05, 0.1) is 25.9 Å². The van der Waals surface area contributed by atoms with E-state index in [1.165, 1.54) is 7.11 Å². The molecule has 0 radical (unpaired) electrons. The summed E-state index contributed by atoms with van der Waals surface area (Å²) in [5.41, 5.74) is -0.729. The van der Waals surface area contributed by atoms with Gasteiger partial charge >= 0.3 is 18.2 Å². The summed E-state index contributed by atoms with van der Waals surface area (Å²) in [6.07, 6.45) is 4.24. The lowest BCUT2D eigenvalue weighted by atomic mass is 9.80. The van der Waals surface area contributed by atoms with E-state index >= 15 is 0 Å². The zero-order valence-corrected chi connectivity index (χ0v) is 27.4. The van der Waals surface area contributed by atoms with Gasteiger partial charge in [0.15, 0.2) is 11.6 Å². The lowest BCUT2D eigenvalue weighted by Crippen LogP contribution is -2.58. The van der Waals surface area contributed by atoms with Gasteiger partial charge in [-0.15, -0.1) is 0 Å². The van der Waals surface area contributed by atoms with E-state index in [4.69, 9.17) is 9.47 Å². The number of likely N-dealkylation sites (N-methyl/N-ethyl adjacent to an activating group) is 1. The lowest BCUT2D eigenvalue weighted by Gasteiger charge is -2.42. The highest BCUT2D eigenvalue weighted by Crippen LogP contribution is 2.39. The van der Waals surface area contributed by atoms with Gasteiger partial charge in [-0.3, -0.25) is 0 Å². The van der Waals surface area contributed by atoms with Gasteiger partial charge in [0.25, 0.3) is 0 Å². The number of urea groups is 1. The summed E-state index contributed by atoms with van der Waals surface area (Å²) in [4.78, 5) is 41.5. The van der Waals surface area contributed by atoms with Crippen LogP contribution >= 0.6 is 0 Å². The molecular weight excluding hydrogens is 590 g/mol. The monoisotopic (exact) mass is 640 g/mol. The number of alkyl carbamates (subject to hydrolysis) is 1. The number of hydrogen-bond acceptors (Lipinski definition) is 7. The minimum absolute atomic E-state index is 0.0306. The molecule has 3 unspecified atom stereocenters. The molecule has 0 bridgehead atoms. The third-order valence-corrected chi connectivity index (χ3v) is 8.52. The Labute approximate surface area is 264 Å². The maximum atomic E-state index is 14.4. The third kappa shape index (κ3) is 10.3. The number of carbonyl (C=O) groups excluding carboxylic acids is 3. The van der Waals surface area contributed by atoms with Crippen molar-refractivity contribution in [2.24, 2.45) is 11.8 Å². The molecule has 4 amide bonds. The fourth-order valence-electron chi connectivity index (χ4n) is 6.50. The first-order valence-electron chi connectivity index (χ1n) is 15.8. The van der Waals surface area contributed by atoms with Crippen molar-refractivity contribution in [1.29, 1.82) is 0 Å². The molecule has 1 aromatic carbocycles. The van der Waals surface area contributed by atoms with Crippen molar-refractivity contribution in [2.75, 3.05) is 40.4 Å². The second kappa shape index (κ2) is 16.3. The molecule has 1 heterocycles. The molecule has 1 saturated carbocycles. The molecule has 1 aliphatic carbocycles. The van der Waals surface area contributed by atoms with Crippen molar-refractivity contribution >= 4 is 18.2 Å². The van der Waals surface area contributed by atoms with Crippen LogP contribution < -0.4 is 10.6 Å². The minimum Gasteiger partial charge on any atom is -0.505 e. The summed E-state index contributed by atoms with van der Waals surface area (Å²) in [6.45, 7) is 8.02. The maximum Gasteiger partial charge on any atom is 0.410 e. The van der Waals surface area contributed by atoms with Crippen LogP contribution in [0.1, 0.15) is 84.3 Å². The lowest BCUT2D eigenvalue weighted by molar-refractivity contribution is -0.0108. The number of amides is 4. The van der Waals surface area contributed by atoms with Crippen LogP contribution in [0.5, 0.6) is 5.75 Å². The highest BCUT2D eigenvalue weighted by atomic mass is 19.1. The van der Waals surface area contributed by atoms with Crippen molar-refractivity contribution in [3.05, 3.63) is 29.3 Å². The first-order chi connectivity index (χ1) is 21.2. The van der Waals surface area contributed by atoms with E-state index in [0.717, 1.165) is 38.2 Å². The molecule has 3 N–H and O–H groups in total. The van der Waals surface area contributed by atoms with Gasteiger partial charge in [0.2, 0.25) is 0 Å². The average molecular weight is 641 g/mol. The molecule has 2 fully saturated rings. The van der Waals surface area contributed by atoms with Gasteiger partial charge in [-0.2, -0.15) is 0 Å². The number of halogens is 2. The maximum absolute atomic E-state index is 14.4. The minimum atomic E-state index is -1.12. The Morgan fingerprint density at radius 3 is 2.40 bits per heavy atom. The quantitative estimate of drug-likeness (QED) is 0.280. The third-order valence-electron chi connectivity index (χ3n) is 8.52. The molecule has 0 aromatic heterocycles. The predicted octanol–water partition coefficient (Wildman–Crippen LogP) is 5.71. The van der Waals surface area contributed by atoms with Gasteiger partial charge in [-0.1, -0.05) is 19.3 Å². The van der Waals surface area contributed by atoms with Crippen LogP contribution in [0.15, 0.2) is 12.1 Å². The van der Waals surface area contributed by atoms with E-state index in [-0.39, 0.29) is 43.3 Å². The summed E-state index contributed by atoms with van der Waals surface area (Å²) in [5, 5.41) is 16.1. The van der Waals surface area contributed by atoms with E-state index in [2.05, 4.69) is 15.4 Å². The second-order valence-electron chi connectivity index (χ2n) is 13.1. The second-order valence-corrected chi connectivity index (χ2v) is 13.1. The molecule has 13 heteroatoms. The van der Waals surface area contributed by atoms with Gasteiger partial charge < -0.3 is 39.8 Å². The number of piperidine rings is 1. The molecular formula is C32H50F2N4O7. The zero-order chi connectivity index (χ0) is 33.3. The first-order valence-corrected chi connectivity index (χ1v) is 15.8. The number of hydrogen-bond donors (Lipinski definition) is 3. The van der Waals surface area contributed by atoms with E-state index in [0.29, 0.717) is 25.5 Å². The van der Waals surface area contributed by atoms with Crippen LogP contribution in [-0.4, -0.2) is 91.2 Å². The molecule has 1 aromatic rings. The Balaban J connectivity index is 1.77. The summed E-state index contributed by atoms with van der Waals surface area (Å²) >= 11 is 0. The molecule has 254 valence electrons. The number of phenols is 1. The molecule has 4 atom stereocenters. The first kappa shape index (κ1) is 36.1. The SMILES string of the molecule is COC(=O)NCCOC(c1cc(F)cc(F)c1O)[C@@H]1CCCN(C(=O)NC(C)C(C2CCCCC2)N(C)C(=O)OC(C)(C)C)C1. The average Bonchev–Trinajstić information content (AvgIpc) is 2.98. The van der Waals surface area contributed by atoms with Crippen molar-refractivity contribution in [3.8, 4) is 5.75 Å². The number of nitrogens with zero attached hydrogens (tertiary/aromatic N) is 2. The standard InChI is InChI=1S/C32H50F2N4O7/c1-20(26(21-11-8-7-9-12-21)37(5)31(42)45-32(2,3)4)36-29(40)38-15-10-13-22(19-38)28(44-16-14-35-30(41)43-6)24-17-23(33)18-25(34)27(24)39/h17-18,20-22,26,28,39H,7-16,19H2,1-6H3,(H,35,41)(H,36,40)/t20?,22-,26?,28?/m1/s1. The van der Waals surface area contributed by atoms with Crippen LogP contribution in [0.2, 0.25) is 0 Å². The summed E-state index contributed by atoms with van der Waals surface area (Å²) in [5.74, 6) is -2.93. The summed E-state index contributed by atoms with van der Waals surface area (Å²) < 4.78 is 44.9. The molecule has 3 rings (SSSR count). The van der Waals surface area contributed by atoms with E-state index in [9.17, 15) is 28.3 Å². The van der Waals surface area contributed by atoms with E-state index in [1.807, 2.05) is 27.7 Å². The molecule has 1 aliphatic heterocycles. The van der Waals surface area contributed by atoms with Gasteiger partial charge in [0, 0.05) is 50.3 Å².